The second-order valence-corrected chi connectivity index (χ2v) is 7.48. The zero-order valence-corrected chi connectivity index (χ0v) is 15.6. The fourth-order valence-corrected chi connectivity index (χ4v) is 4.70. The molecule has 0 spiro atoms. The Morgan fingerprint density at radius 1 is 1.12 bits per heavy atom. The van der Waals surface area contributed by atoms with Crippen molar-refractivity contribution in [1.82, 2.24) is 14.7 Å². The Balaban J connectivity index is 1.73. The summed E-state index contributed by atoms with van der Waals surface area (Å²) >= 11 is 1.76. The predicted molar refractivity (Wildman–Crippen MR) is 106 cm³/mol. The number of rotatable bonds is 6. The van der Waals surface area contributed by atoms with E-state index < -0.39 is 0 Å². The predicted octanol–water partition coefficient (Wildman–Crippen LogP) is 4.48. The maximum atomic E-state index is 6.28. The summed E-state index contributed by atoms with van der Waals surface area (Å²) in [7, 11) is 0. The van der Waals surface area contributed by atoms with Crippen molar-refractivity contribution in [2.75, 3.05) is 25.4 Å². The van der Waals surface area contributed by atoms with Gasteiger partial charge in [-0.15, -0.1) is 0 Å². The first-order chi connectivity index (χ1) is 12.2. The number of hydrogen-bond acceptors (Lipinski definition) is 4. The minimum Gasteiger partial charge on any atom is -0.398 e. The van der Waals surface area contributed by atoms with E-state index in [2.05, 4.69) is 53.8 Å². The van der Waals surface area contributed by atoms with E-state index in [0.717, 1.165) is 48.9 Å². The molecule has 130 valence electrons. The van der Waals surface area contributed by atoms with E-state index in [4.69, 9.17) is 10.8 Å². The Bertz CT molecular complexity index is 911. The monoisotopic (exact) mass is 352 g/mol. The number of aromatic nitrogens is 2. The molecule has 0 saturated carbocycles. The first kappa shape index (κ1) is 16.5. The largest absolute Gasteiger partial charge is 0.398 e. The molecular weight excluding hydrogens is 328 g/mol. The van der Waals surface area contributed by atoms with E-state index >= 15 is 0 Å². The molecule has 2 N–H and O–H groups in total. The van der Waals surface area contributed by atoms with Gasteiger partial charge in [0.1, 0.15) is 5.69 Å². The molecule has 0 bridgehead atoms. The van der Waals surface area contributed by atoms with Crippen molar-refractivity contribution in [3.63, 3.8) is 0 Å². The average molecular weight is 353 g/mol. The Morgan fingerprint density at radius 2 is 1.92 bits per heavy atom. The van der Waals surface area contributed by atoms with Crippen LogP contribution in [0.3, 0.4) is 0 Å². The fourth-order valence-electron chi connectivity index (χ4n) is 3.57. The normalized spacial score (nSPS) is 12.8. The molecule has 0 saturated heterocycles. The van der Waals surface area contributed by atoms with E-state index in [1.165, 1.54) is 21.4 Å². The van der Waals surface area contributed by atoms with Gasteiger partial charge in [0.25, 0.3) is 0 Å². The van der Waals surface area contributed by atoms with Crippen molar-refractivity contribution in [2.24, 2.45) is 0 Å². The Kier molecular flexibility index (Phi) is 4.44. The summed E-state index contributed by atoms with van der Waals surface area (Å²) in [5, 5.41) is 6.19. The topological polar surface area (TPSA) is 47.1 Å². The number of nitrogen functional groups attached to an aromatic ring is 1. The van der Waals surface area contributed by atoms with Crippen molar-refractivity contribution >= 4 is 28.4 Å². The van der Waals surface area contributed by atoms with Crippen molar-refractivity contribution in [1.29, 1.82) is 0 Å². The van der Waals surface area contributed by atoms with Crippen LogP contribution in [-0.4, -0.2) is 34.3 Å². The van der Waals surface area contributed by atoms with Gasteiger partial charge >= 0.3 is 0 Å². The van der Waals surface area contributed by atoms with Gasteiger partial charge in [-0.2, -0.15) is 5.10 Å². The number of fused-ring (bicyclic) bond motifs is 2. The first-order valence-corrected chi connectivity index (χ1v) is 9.83. The van der Waals surface area contributed by atoms with Gasteiger partial charge in [-0.3, -0.25) is 4.68 Å². The third-order valence-corrected chi connectivity index (χ3v) is 6.21. The lowest BCUT2D eigenvalue weighted by molar-refractivity contribution is 0.292. The molecule has 0 radical (unpaired) electrons. The van der Waals surface area contributed by atoms with Crippen molar-refractivity contribution in [2.45, 2.75) is 36.6 Å². The van der Waals surface area contributed by atoms with Gasteiger partial charge in [0.15, 0.2) is 0 Å². The number of anilines is 1. The van der Waals surface area contributed by atoms with Crippen LogP contribution in [0.15, 0.2) is 46.2 Å². The maximum absolute atomic E-state index is 6.28. The van der Waals surface area contributed by atoms with Gasteiger partial charge in [-0.05, 0) is 44.3 Å². The summed E-state index contributed by atoms with van der Waals surface area (Å²) in [5.74, 6) is 0. The Labute approximate surface area is 153 Å². The van der Waals surface area contributed by atoms with Crippen LogP contribution in [0.25, 0.3) is 22.2 Å². The molecule has 0 fully saturated rings. The number of benzene rings is 2. The van der Waals surface area contributed by atoms with E-state index in [9.17, 15) is 0 Å². The molecule has 0 aliphatic carbocycles. The second-order valence-electron chi connectivity index (χ2n) is 6.43. The maximum Gasteiger partial charge on any atom is 0.103 e. The lowest BCUT2D eigenvalue weighted by atomic mass is 10.1. The molecule has 1 aliphatic rings. The summed E-state index contributed by atoms with van der Waals surface area (Å²) in [6.45, 7) is 8.69. The summed E-state index contributed by atoms with van der Waals surface area (Å²) in [6.07, 6.45) is 1.10. The van der Waals surface area contributed by atoms with Crippen LogP contribution in [0.1, 0.15) is 20.3 Å². The molecular formula is C20H24N4S. The standard InChI is InChI=1S/C20H24N4S/c1-3-23(4-2)12-7-13-24-16-11-10-15(21)20-18(16)19(22-24)14-8-5-6-9-17(14)25-20/h5-6,8-11H,3-4,7,12-13,21H2,1-2H3. The Morgan fingerprint density at radius 3 is 2.72 bits per heavy atom. The quantitative estimate of drug-likeness (QED) is 0.520. The smallest absolute Gasteiger partial charge is 0.103 e. The van der Waals surface area contributed by atoms with Gasteiger partial charge in [0, 0.05) is 33.0 Å². The molecule has 5 heteroatoms. The van der Waals surface area contributed by atoms with Crippen molar-refractivity contribution in [3.05, 3.63) is 36.4 Å². The number of hydrogen-bond donors (Lipinski definition) is 1. The van der Waals surface area contributed by atoms with Gasteiger partial charge in [0.2, 0.25) is 0 Å². The van der Waals surface area contributed by atoms with E-state index in [1.807, 2.05) is 6.07 Å². The van der Waals surface area contributed by atoms with Gasteiger partial charge in [0.05, 0.1) is 5.52 Å². The number of aryl methyl sites for hydroxylation is 1. The minimum absolute atomic E-state index is 0.843. The van der Waals surface area contributed by atoms with Crippen LogP contribution in [0.5, 0.6) is 0 Å². The molecule has 2 heterocycles. The molecule has 0 atom stereocenters. The second kappa shape index (κ2) is 6.73. The highest BCUT2D eigenvalue weighted by Crippen LogP contribution is 2.49. The number of nitrogens with two attached hydrogens (primary N) is 1. The van der Waals surface area contributed by atoms with E-state index in [-0.39, 0.29) is 0 Å². The molecule has 4 rings (SSSR count). The minimum atomic E-state index is 0.843. The molecule has 25 heavy (non-hydrogen) atoms. The highest BCUT2D eigenvalue weighted by atomic mass is 32.2. The summed E-state index contributed by atoms with van der Waals surface area (Å²) in [6, 6.07) is 12.6. The molecule has 2 aromatic carbocycles. The SMILES string of the molecule is CCN(CC)CCCn1nc2c3c(c(N)ccc31)Sc1ccccc1-2. The van der Waals surface area contributed by atoms with Crippen LogP contribution < -0.4 is 5.73 Å². The van der Waals surface area contributed by atoms with Gasteiger partial charge in [-0.1, -0.05) is 43.8 Å². The van der Waals surface area contributed by atoms with Crippen LogP contribution >= 0.6 is 11.8 Å². The van der Waals surface area contributed by atoms with E-state index in [0.29, 0.717) is 0 Å². The van der Waals surface area contributed by atoms with Crippen molar-refractivity contribution < 1.29 is 0 Å². The third kappa shape index (κ3) is 2.81. The third-order valence-electron chi connectivity index (χ3n) is 4.99. The summed E-state index contributed by atoms with van der Waals surface area (Å²) in [4.78, 5) is 4.85. The van der Waals surface area contributed by atoms with Crippen LogP contribution in [0.4, 0.5) is 5.69 Å². The lowest BCUT2D eigenvalue weighted by Crippen LogP contribution is -2.24. The average Bonchev–Trinajstić information content (AvgIpc) is 3.01. The zero-order chi connectivity index (χ0) is 17.4. The highest BCUT2D eigenvalue weighted by Gasteiger charge is 2.25. The lowest BCUT2D eigenvalue weighted by Gasteiger charge is -2.17. The van der Waals surface area contributed by atoms with Gasteiger partial charge in [-0.25, -0.2) is 0 Å². The van der Waals surface area contributed by atoms with Crippen LogP contribution in [-0.2, 0) is 6.54 Å². The summed E-state index contributed by atoms with van der Waals surface area (Å²) < 4.78 is 2.17. The first-order valence-electron chi connectivity index (χ1n) is 9.01. The fraction of sp³-hybridized carbons (Fsp3) is 0.350. The molecule has 1 aliphatic heterocycles. The highest BCUT2D eigenvalue weighted by molar-refractivity contribution is 8.00. The molecule has 0 amide bonds. The Hall–Kier alpha value is -1.98. The van der Waals surface area contributed by atoms with Crippen molar-refractivity contribution in [3.8, 4) is 11.3 Å². The molecule has 3 aromatic rings. The molecule has 4 nitrogen and oxygen atoms in total. The molecule has 0 unspecified atom stereocenters. The van der Waals surface area contributed by atoms with E-state index in [1.54, 1.807) is 11.8 Å². The number of nitrogens with zero attached hydrogens (tertiary/aromatic N) is 3. The van der Waals surface area contributed by atoms with Crippen LogP contribution in [0.2, 0.25) is 0 Å². The molecule has 1 aromatic heterocycles. The van der Waals surface area contributed by atoms with Crippen LogP contribution in [0, 0.1) is 0 Å². The van der Waals surface area contributed by atoms with Gasteiger partial charge < -0.3 is 10.6 Å². The zero-order valence-electron chi connectivity index (χ0n) is 14.8. The summed E-state index contributed by atoms with van der Waals surface area (Å²) in [5.41, 5.74) is 10.6.